The number of benzene rings is 1. The van der Waals surface area contributed by atoms with Crippen molar-refractivity contribution in [2.45, 2.75) is 19.6 Å². The van der Waals surface area contributed by atoms with Crippen molar-refractivity contribution in [3.05, 3.63) is 45.9 Å². The number of alkyl halides is 3. The maximum atomic E-state index is 12.8. The second-order valence-electron chi connectivity index (χ2n) is 5.33. The summed E-state index contributed by atoms with van der Waals surface area (Å²) in [5.74, 6) is -0.649. The molecule has 0 aliphatic heterocycles. The Morgan fingerprint density at radius 3 is 2.41 bits per heavy atom. The average molecular weight is 312 g/mol. The number of pyridine rings is 1. The predicted molar refractivity (Wildman–Crippen MR) is 77.0 cm³/mol. The quantitative estimate of drug-likeness (QED) is 0.855. The number of amides is 1. The Balaban J connectivity index is 2.81. The van der Waals surface area contributed by atoms with Crippen LogP contribution in [0.3, 0.4) is 0 Å². The lowest BCUT2D eigenvalue weighted by Crippen LogP contribution is -2.35. The van der Waals surface area contributed by atoms with Gasteiger partial charge in [-0.05, 0) is 24.4 Å². The third-order valence-corrected chi connectivity index (χ3v) is 3.23. The highest BCUT2D eigenvalue weighted by atomic mass is 19.4. The molecule has 0 saturated carbocycles. The van der Waals surface area contributed by atoms with Crippen LogP contribution < -0.4 is 5.56 Å². The molecule has 0 unspecified atom stereocenters. The first-order chi connectivity index (χ1) is 10.1. The molecule has 0 N–H and O–H groups in total. The van der Waals surface area contributed by atoms with Crippen LogP contribution in [0.1, 0.15) is 16.1 Å². The van der Waals surface area contributed by atoms with Gasteiger partial charge in [-0.3, -0.25) is 14.2 Å². The van der Waals surface area contributed by atoms with Crippen LogP contribution in [0.15, 0.2) is 29.1 Å². The number of carbonyl (C=O) groups excluding carboxylic acids is 1. The largest absolute Gasteiger partial charge is 0.406 e. The molecule has 1 heterocycles. The first-order valence-corrected chi connectivity index (χ1v) is 6.53. The van der Waals surface area contributed by atoms with E-state index in [0.29, 0.717) is 9.95 Å². The summed E-state index contributed by atoms with van der Waals surface area (Å²) in [5.41, 5.74) is -0.331. The van der Waals surface area contributed by atoms with Gasteiger partial charge in [0.05, 0.1) is 0 Å². The fraction of sp³-hybridized carbons (Fsp3) is 0.333. The van der Waals surface area contributed by atoms with Gasteiger partial charge in [0.2, 0.25) is 0 Å². The molecule has 0 spiro atoms. The molecule has 4 nitrogen and oxygen atoms in total. The molecule has 118 valence electrons. The maximum Gasteiger partial charge on any atom is 0.406 e. The second kappa shape index (κ2) is 5.47. The average Bonchev–Trinajstić information content (AvgIpc) is 2.40. The van der Waals surface area contributed by atoms with Crippen LogP contribution in [-0.4, -0.2) is 35.6 Å². The van der Waals surface area contributed by atoms with Crippen LogP contribution in [0.4, 0.5) is 13.2 Å². The number of halogens is 3. The molecular weight excluding hydrogens is 297 g/mol. The minimum Gasteiger partial charge on any atom is -0.343 e. The van der Waals surface area contributed by atoms with Crippen molar-refractivity contribution in [3.63, 3.8) is 0 Å². The summed E-state index contributed by atoms with van der Waals surface area (Å²) in [6.07, 6.45) is -4.59. The molecule has 22 heavy (non-hydrogen) atoms. The molecule has 0 saturated heterocycles. The van der Waals surface area contributed by atoms with E-state index in [2.05, 4.69) is 0 Å². The van der Waals surface area contributed by atoms with E-state index in [9.17, 15) is 22.8 Å². The van der Waals surface area contributed by atoms with Crippen molar-refractivity contribution in [2.24, 2.45) is 0 Å². The molecule has 0 bridgehead atoms. The van der Waals surface area contributed by atoms with Crippen LogP contribution in [0.2, 0.25) is 0 Å². The van der Waals surface area contributed by atoms with Gasteiger partial charge in [0.25, 0.3) is 11.5 Å². The highest BCUT2D eigenvalue weighted by molar-refractivity contribution is 5.96. The van der Waals surface area contributed by atoms with Crippen molar-refractivity contribution >= 4 is 16.7 Å². The van der Waals surface area contributed by atoms with E-state index in [1.54, 1.807) is 19.1 Å². The smallest absolute Gasteiger partial charge is 0.343 e. The van der Waals surface area contributed by atoms with Gasteiger partial charge in [0, 0.05) is 19.5 Å². The normalized spacial score (nSPS) is 11.7. The number of nitrogens with zero attached hydrogens (tertiary/aromatic N) is 2. The lowest BCUT2D eigenvalue weighted by atomic mass is 10.1. The van der Waals surface area contributed by atoms with Crippen molar-refractivity contribution in [2.75, 3.05) is 14.1 Å². The fourth-order valence-electron chi connectivity index (χ4n) is 2.20. The van der Waals surface area contributed by atoms with Gasteiger partial charge in [0.15, 0.2) is 0 Å². The lowest BCUT2D eigenvalue weighted by molar-refractivity contribution is -0.141. The summed E-state index contributed by atoms with van der Waals surface area (Å²) in [7, 11) is 2.84. The number of carbonyl (C=O) groups is 1. The highest BCUT2D eigenvalue weighted by Gasteiger charge is 2.31. The zero-order valence-corrected chi connectivity index (χ0v) is 12.4. The van der Waals surface area contributed by atoms with Crippen molar-refractivity contribution in [1.29, 1.82) is 0 Å². The Bertz CT molecular complexity index is 792. The van der Waals surface area contributed by atoms with E-state index < -0.39 is 24.2 Å². The first-order valence-electron chi connectivity index (χ1n) is 6.53. The fourth-order valence-corrected chi connectivity index (χ4v) is 2.20. The Morgan fingerprint density at radius 2 is 1.86 bits per heavy atom. The molecule has 2 rings (SSSR count). The van der Waals surface area contributed by atoms with Crippen LogP contribution in [0, 0.1) is 6.92 Å². The molecular formula is C15H15F3N2O2. The summed E-state index contributed by atoms with van der Waals surface area (Å²) in [6, 6.07) is 6.20. The number of hydrogen-bond acceptors (Lipinski definition) is 2. The molecule has 2 aromatic rings. The SMILES string of the molecule is Cc1ccc2cc(C(=O)N(C)C)n(CC(F)(F)F)c(=O)c2c1. The van der Waals surface area contributed by atoms with E-state index in [1.807, 2.05) is 0 Å². The number of aromatic nitrogens is 1. The van der Waals surface area contributed by atoms with E-state index in [1.165, 1.54) is 26.2 Å². The first kappa shape index (κ1) is 16.1. The Labute approximate surface area is 124 Å². The maximum absolute atomic E-state index is 12.8. The summed E-state index contributed by atoms with van der Waals surface area (Å²) < 4.78 is 38.8. The molecule has 1 amide bonds. The number of rotatable bonds is 2. The van der Waals surface area contributed by atoms with E-state index in [-0.39, 0.29) is 11.1 Å². The molecule has 1 aromatic heterocycles. The highest BCUT2D eigenvalue weighted by Crippen LogP contribution is 2.21. The number of aryl methyl sites for hydroxylation is 1. The van der Waals surface area contributed by atoms with Crippen LogP contribution >= 0.6 is 0 Å². The molecule has 1 aromatic carbocycles. The zero-order valence-electron chi connectivity index (χ0n) is 12.4. The standard InChI is InChI=1S/C15H15F3N2O2/c1-9-4-5-10-7-12(14(22)19(2)3)20(8-15(16,17)18)13(21)11(10)6-9/h4-7H,8H2,1-3H3. The lowest BCUT2D eigenvalue weighted by Gasteiger charge is -2.18. The predicted octanol–water partition coefficient (Wildman–Crippen LogP) is 2.57. The molecule has 0 aliphatic rings. The topological polar surface area (TPSA) is 42.3 Å². The number of hydrogen-bond donors (Lipinski definition) is 0. The minimum atomic E-state index is -4.59. The van der Waals surface area contributed by atoms with E-state index in [0.717, 1.165) is 10.5 Å². The Hall–Kier alpha value is -2.31. The summed E-state index contributed by atoms with van der Waals surface area (Å²) >= 11 is 0. The van der Waals surface area contributed by atoms with Gasteiger partial charge in [-0.15, -0.1) is 0 Å². The van der Waals surface area contributed by atoms with Gasteiger partial charge in [-0.1, -0.05) is 17.7 Å². The van der Waals surface area contributed by atoms with Gasteiger partial charge in [0.1, 0.15) is 12.2 Å². The molecule has 0 fully saturated rings. The van der Waals surface area contributed by atoms with Crippen LogP contribution in [0.25, 0.3) is 10.8 Å². The second-order valence-corrected chi connectivity index (χ2v) is 5.33. The third-order valence-electron chi connectivity index (χ3n) is 3.23. The summed E-state index contributed by atoms with van der Waals surface area (Å²) in [5, 5.41) is 0.610. The van der Waals surface area contributed by atoms with Gasteiger partial charge >= 0.3 is 6.18 Å². The third kappa shape index (κ3) is 3.13. The molecule has 0 atom stereocenters. The zero-order chi connectivity index (χ0) is 16.7. The van der Waals surface area contributed by atoms with Crippen molar-refractivity contribution in [3.8, 4) is 0 Å². The van der Waals surface area contributed by atoms with Gasteiger partial charge < -0.3 is 4.90 Å². The summed E-state index contributed by atoms with van der Waals surface area (Å²) in [4.78, 5) is 25.7. The number of fused-ring (bicyclic) bond motifs is 1. The Kier molecular flexibility index (Phi) is 4.00. The summed E-state index contributed by atoms with van der Waals surface area (Å²) in [6.45, 7) is 0.247. The Morgan fingerprint density at radius 1 is 1.23 bits per heavy atom. The van der Waals surface area contributed by atoms with Crippen LogP contribution in [-0.2, 0) is 6.54 Å². The molecule has 0 radical (unpaired) electrons. The van der Waals surface area contributed by atoms with Gasteiger partial charge in [-0.25, -0.2) is 0 Å². The molecule has 0 aliphatic carbocycles. The van der Waals surface area contributed by atoms with Crippen molar-refractivity contribution < 1.29 is 18.0 Å². The monoisotopic (exact) mass is 312 g/mol. The minimum absolute atomic E-state index is 0.166. The molecule has 7 heteroatoms. The van der Waals surface area contributed by atoms with E-state index in [4.69, 9.17) is 0 Å². The van der Waals surface area contributed by atoms with Crippen LogP contribution in [0.5, 0.6) is 0 Å². The van der Waals surface area contributed by atoms with Gasteiger partial charge in [-0.2, -0.15) is 13.2 Å². The van der Waals surface area contributed by atoms with E-state index >= 15 is 0 Å². The van der Waals surface area contributed by atoms with Crippen molar-refractivity contribution in [1.82, 2.24) is 9.47 Å².